The summed E-state index contributed by atoms with van der Waals surface area (Å²) in [5.41, 5.74) is 2.56. The lowest BCUT2D eigenvalue weighted by Gasteiger charge is -2.09. The summed E-state index contributed by atoms with van der Waals surface area (Å²) >= 11 is 9.13. The van der Waals surface area contributed by atoms with E-state index in [0.717, 1.165) is 21.2 Å². The molecule has 0 aliphatic heterocycles. The molecule has 9 heteroatoms. The van der Waals surface area contributed by atoms with Gasteiger partial charge in [0.25, 0.3) is 0 Å². The Labute approximate surface area is 168 Å². The van der Waals surface area contributed by atoms with Gasteiger partial charge >= 0.3 is 0 Å². The molecule has 1 atom stereocenters. The van der Waals surface area contributed by atoms with Gasteiger partial charge in [-0.05, 0) is 25.1 Å². The van der Waals surface area contributed by atoms with E-state index < -0.39 is 0 Å². The fraction of sp³-hybridized carbons (Fsp3) is 0.111. The number of halogens is 1. The first-order valence-electron chi connectivity index (χ1n) is 8.07. The maximum Gasteiger partial charge on any atom is 0.244 e. The van der Waals surface area contributed by atoms with Crippen molar-refractivity contribution < 1.29 is 4.79 Å². The molecular weight excluding hydrogens is 402 g/mol. The van der Waals surface area contributed by atoms with Crippen LogP contribution in [0.4, 0.5) is 0 Å². The second-order valence-electron chi connectivity index (χ2n) is 5.71. The highest BCUT2D eigenvalue weighted by atomic mass is 35.5. The van der Waals surface area contributed by atoms with Gasteiger partial charge in [-0.25, -0.2) is 9.97 Å². The van der Waals surface area contributed by atoms with Crippen molar-refractivity contribution in [1.82, 2.24) is 24.7 Å². The Hall–Kier alpha value is -2.55. The predicted octanol–water partition coefficient (Wildman–Crippen LogP) is 4.46. The second kappa shape index (κ2) is 7.59. The zero-order valence-corrected chi connectivity index (χ0v) is 16.6. The van der Waals surface area contributed by atoms with Crippen LogP contribution in [-0.4, -0.2) is 25.3 Å². The monoisotopic (exact) mass is 415 g/mol. The third kappa shape index (κ3) is 3.78. The van der Waals surface area contributed by atoms with E-state index in [9.17, 15) is 4.79 Å². The van der Waals surface area contributed by atoms with Gasteiger partial charge in [-0.3, -0.25) is 14.2 Å². The van der Waals surface area contributed by atoms with Crippen LogP contribution < -0.4 is 5.32 Å². The molecule has 0 bridgehead atoms. The zero-order chi connectivity index (χ0) is 18.8. The molecule has 4 rings (SSSR count). The molecule has 6 nitrogen and oxygen atoms in total. The number of carbonyl (C=O) groups excluding carboxylic acids is 1. The number of thiazole rings is 2. The summed E-state index contributed by atoms with van der Waals surface area (Å²) < 4.78 is 1.85. The van der Waals surface area contributed by atoms with Crippen molar-refractivity contribution in [1.29, 1.82) is 0 Å². The molecule has 4 aromatic rings. The summed E-state index contributed by atoms with van der Waals surface area (Å²) in [6.45, 7) is 1.91. The third-order valence-corrected chi connectivity index (χ3v) is 5.94. The van der Waals surface area contributed by atoms with Gasteiger partial charge in [0.05, 0.1) is 17.4 Å². The highest BCUT2D eigenvalue weighted by molar-refractivity contribution is 7.15. The van der Waals surface area contributed by atoms with Gasteiger partial charge in [-0.1, -0.05) is 11.6 Å². The van der Waals surface area contributed by atoms with Crippen LogP contribution in [-0.2, 0) is 4.79 Å². The Bertz CT molecular complexity index is 1120. The van der Waals surface area contributed by atoms with Gasteiger partial charge in [0.2, 0.25) is 5.91 Å². The average molecular weight is 416 g/mol. The molecule has 1 N–H and O–H groups in total. The van der Waals surface area contributed by atoms with Gasteiger partial charge in [-0.15, -0.1) is 22.7 Å². The van der Waals surface area contributed by atoms with E-state index in [-0.39, 0.29) is 11.9 Å². The minimum absolute atomic E-state index is 0.204. The molecule has 0 saturated carbocycles. The lowest BCUT2D eigenvalue weighted by Crippen LogP contribution is -2.24. The number of nitrogens with one attached hydrogen (secondary N) is 1. The summed E-state index contributed by atoms with van der Waals surface area (Å²) in [5.74, 6) is -0.218. The van der Waals surface area contributed by atoms with E-state index in [1.807, 2.05) is 40.4 Å². The van der Waals surface area contributed by atoms with Gasteiger partial charge in [0.1, 0.15) is 5.01 Å². The van der Waals surface area contributed by atoms with Gasteiger partial charge in [0, 0.05) is 41.0 Å². The number of fused-ring (bicyclic) bond motifs is 1. The highest BCUT2D eigenvalue weighted by Crippen LogP contribution is 2.25. The average Bonchev–Trinajstić information content (AvgIpc) is 3.37. The summed E-state index contributed by atoms with van der Waals surface area (Å²) in [4.78, 5) is 25.9. The first-order valence-corrected chi connectivity index (χ1v) is 10.2. The first-order chi connectivity index (χ1) is 13.1. The van der Waals surface area contributed by atoms with E-state index in [4.69, 9.17) is 11.6 Å². The van der Waals surface area contributed by atoms with Crippen molar-refractivity contribution in [2.75, 3.05) is 0 Å². The molecule has 0 spiro atoms. The molecule has 0 radical (unpaired) electrons. The van der Waals surface area contributed by atoms with Crippen molar-refractivity contribution in [2.45, 2.75) is 13.0 Å². The Kier molecular flexibility index (Phi) is 5.02. The van der Waals surface area contributed by atoms with Gasteiger partial charge in [0.15, 0.2) is 10.1 Å². The minimum atomic E-state index is -0.218. The number of pyridine rings is 1. The molecular formula is C18H14ClN5OS2. The lowest BCUT2D eigenvalue weighted by atomic mass is 10.2. The number of rotatable bonds is 5. The smallest absolute Gasteiger partial charge is 0.244 e. The quantitative estimate of drug-likeness (QED) is 0.488. The predicted molar refractivity (Wildman–Crippen MR) is 109 cm³/mol. The van der Waals surface area contributed by atoms with E-state index in [1.54, 1.807) is 18.5 Å². The van der Waals surface area contributed by atoms with Crippen molar-refractivity contribution in [2.24, 2.45) is 0 Å². The van der Waals surface area contributed by atoms with Gasteiger partial charge < -0.3 is 5.32 Å². The minimum Gasteiger partial charge on any atom is -0.344 e. The molecule has 1 unspecified atom stereocenters. The topological polar surface area (TPSA) is 72.2 Å². The SMILES string of the molecule is CC(NC(=O)C=Cc1c(Cl)nc2sccn12)c1nc(-c2ccncc2)cs1. The van der Waals surface area contributed by atoms with E-state index in [0.29, 0.717) is 10.8 Å². The number of aromatic nitrogens is 4. The summed E-state index contributed by atoms with van der Waals surface area (Å²) in [7, 11) is 0. The van der Waals surface area contributed by atoms with Crippen LogP contribution in [0.15, 0.2) is 47.6 Å². The third-order valence-electron chi connectivity index (χ3n) is 3.87. The van der Waals surface area contributed by atoms with Crippen molar-refractivity contribution in [3.8, 4) is 11.3 Å². The standard InChI is InChI=1S/C18H14ClN5OS2/c1-11(17-22-13(10-27-17)12-4-6-20-7-5-12)21-15(25)3-2-14-16(19)23-18-24(14)8-9-26-18/h2-11H,1H3,(H,21,25). The summed E-state index contributed by atoms with van der Waals surface area (Å²) in [6, 6.07) is 3.61. The maximum absolute atomic E-state index is 12.3. The van der Waals surface area contributed by atoms with Crippen LogP contribution in [0, 0.1) is 0 Å². The fourth-order valence-electron chi connectivity index (χ4n) is 2.55. The molecule has 1 amide bonds. The molecule has 0 saturated heterocycles. The molecule has 0 fully saturated rings. The Balaban J connectivity index is 1.44. The number of amides is 1. The summed E-state index contributed by atoms with van der Waals surface area (Å²) in [5, 5.41) is 8.03. The number of hydrogen-bond donors (Lipinski definition) is 1. The largest absolute Gasteiger partial charge is 0.344 e. The van der Waals surface area contributed by atoms with Crippen LogP contribution in [0.3, 0.4) is 0 Å². The Morgan fingerprint density at radius 1 is 1.30 bits per heavy atom. The molecule has 4 heterocycles. The highest BCUT2D eigenvalue weighted by Gasteiger charge is 2.14. The molecule has 4 aromatic heterocycles. The molecule has 0 aliphatic rings. The molecule has 0 aliphatic carbocycles. The zero-order valence-electron chi connectivity index (χ0n) is 14.2. The Morgan fingerprint density at radius 2 is 2.11 bits per heavy atom. The number of nitrogens with zero attached hydrogens (tertiary/aromatic N) is 4. The van der Waals surface area contributed by atoms with Crippen molar-refractivity contribution >= 4 is 51.2 Å². The van der Waals surface area contributed by atoms with Crippen LogP contribution in [0.2, 0.25) is 5.15 Å². The number of carbonyl (C=O) groups is 1. The fourth-order valence-corrected chi connectivity index (χ4v) is 4.39. The molecule has 136 valence electrons. The van der Waals surface area contributed by atoms with Crippen LogP contribution in [0.5, 0.6) is 0 Å². The van der Waals surface area contributed by atoms with E-state index >= 15 is 0 Å². The van der Waals surface area contributed by atoms with Crippen LogP contribution in [0.1, 0.15) is 23.7 Å². The van der Waals surface area contributed by atoms with Gasteiger partial charge in [-0.2, -0.15) is 0 Å². The van der Waals surface area contributed by atoms with Crippen LogP contribution >= 0.6 is 34.3 Å². The lowest BCUT2D eigenvalue weighted by molar-refractivity contribution is -0.117. The molecule has 0 aromatic carbocycles. The van der Waals surface area contributed by atoms with E-state index in [2.05, 4.69) is 20.3 Å². The number of imidazole rings is 1. The number of hydrogen-bond acceptors (Lipinski definition) is 6. The molecule has 27 heavy (non-hydrogen) atoms. The first kappa shape index (κ1) is 17.8. The van der Waals surface area contributed by atoms with E-state index in [1.165, 1.54) is 28.7 Å². The second-order valence-corrected chi connectivity index (χ2v) is 7.83. The normalized spacial score (nSPS) is 12.7. The maximum atomic E-state index is 12.3. The van der Waals surface area contributed by atoms with Crippen molar-refractivity contribution in [3.05, 3.63) is 63.4 Å². The summed E-state index contributed by atoms with van der Waals surface area (Å²) in [6.07, 6.45) is 8.46. The Morgan fingerprint density at radius 3 is 2.93 bits per heavy atom. The van der Waals surface area contributed by atoms with Crippen LogP contribution in [0.25, 0.3) is 22.3 Å². The van der Waals surface area contributed by atoms with Crippen molar-refractivity contribution in [3.63, 3.8) is 0 Å².